The van der Waals surface area contributed by atoms with Gasteiger partial charge in [-0.25, -0.2) is 4.99 Å². The molecule has 1 unspecified atom stereocenters. The summed E-state index contributed by atoms with van der Waals surface area (Å²) in [5, 5.41) is 0. The van der Waals surface area contributed by atoms with Gasteiger partial charge in [0.25, 0.3) is 0 Å². The Bertz CT molecular complexity index is 103. The average molecular weight is 130 g/mol. The largest absolute Gasteiger partial charge is 0.340 e. The molecule has 0 amide bonds. The summed E-state index contributed by atoms with van der Waals surface area (Å²) >= 11 is 5.50. The molecule has 3 heteroatoms. The van der Waals surface area contributed by atoms with Crippen LogP contribution in [0.2, 0.25) is 0 Å². The topological polar surface area (TPSA) is 15.6 Å². The predicted octanol–water partition coefficient (Wildman–Crippen LogP) is 0.831. The second-order valence-corrected chi connectivity index (χ2v) is 1.85. The molecule has 0 fully saturated rings. The highest BCUT2D eigenvalue weighted by Crippen LogP contribution is 2.10. The van der Waals surface area contributed by atoms with Gasteiger partial charge in [-0.2, -0.15) is 0 Å². The van der Waals surface area contributed by atoms with E-state index < -0.39 is 0 Å². The van der Waals surface area contributed by atoms with E-state index in [9.17, 15) is 0 Å². The van der Waals surface area contributed by atoms with Crippen LogP contribution < -0.4 is 0 Å². The molecule has 0 aliphatic carbocycles. The van der Waals surface area contributed by atoms with Gasteiger partial charge in [0, 0.05) is 6.54 Å². The lowest BCUT2D eigenvalue weighted by atomic mass is 10.6. The molecule has 2 nitrogen and oxygen atoms in total. The van der Waals surface area contributed by atoms with Crippen molar-refractivity contribution in [2.75, 3.05) is 6.54 Å². The quantitative estimate of drug-likeness (QED) is 0.378. The zero-order valence-corrected chi connectivity index (χ0v) is 5.31. The molecular weight excluding hydrogens is 124 g/mol. The standard InChI is InChI=1S/C5H6ClN2/c1-2-8-3-5(6)7-4-8/h5H,2H2,1H3. The van der Waals surface area contributed by atoms with Crippen LogP contribution in [0.15, 0.2) is 4.99 Å². The van der Waals surface area contributed by atoms with Gasteiger partial charge in [0.2, 0.25) is 0 Å². The van der Waals surface area contributed by atoms with E-state index in [0.29, 0.717) is 0 Å². The van der Waals surface area contributed by atoms with Crippen molar-refractivity contribution in [3.8, 4) is 0 Å². The molecule has 1 aliphatic rings. The highest BCUT2D eigenvalue weighted by atomic mass is 35.5. The third kappa shape index (κ3) is 1.13. The van der Waals surface area contributed by atoms with Crippen molar-refractivity contribution in [1.82, 2.24) is 4.90 Å². The minimum absolute atomic E-state index is 0.310. The second-order valence-electron chi connectivity index (χ2n) is 1.44. The summed E-state index contributed by atoms with van der Waals surface area (Å²) < 4.78 is 0. The lowest BCUT2D eigenvalue weighted by Crippen LogP contribution is -2.14. The molecule has 3 radical (unpaired) electrons. The van der Waals surface area contributed by atoms with Gasteiger partial charge in [-0.15, -0.1) is 0 Å². The molecule has 1 atom stereocenters. The van der Waals surface area contributed by atoms with Crippen LogP contribution in [-0.4, -0.2) is 23.3 Å². The van der Waals surface area contributed by atoms with Crippen LogP contribution in [-0.2, 0) is 0 Å². The first-order valence-corrected chi connectivity index (χ1v) is 2.90. The van der Waals surface area contributed by atoms with Crippen molar-refractivity contribution in [2.45, 2.75) is 12.4 Å². The molecule has 1 rings (SSSR count). The van der Waals surface area contributed by atoms with Crippen LogP contribution in [0.4, 0.5) is 0 Å². The number of likely N-dealkylation sites (N-methyl/N-ethyl adjacent to an activating group) is 1. The van der Waals surface area contributed by atoms with Crippen LogP contribution in [0.25, 0.3) is 0 Å². The van der Waals surface area contributed by atoms with E-state index in [1.807, 2.05) is 6.92 Å². The number of alkyl halides is 1. The Morgan fingerprint density at radius 2 is 2.62 bits per heavy atom. The van der Waals surface area contributed by atoms with Crippen molar-refractivity contribution in [3.05, 3.63) is 6.54 Å². The smallest absolute Gasteiger partial charge is 0.169 e. The molecule has 0 aromatic rings. The van der Waals surface area contributed by atoms with Gasteiger partial charge < -0.3 is 4.90 Å². The van der Waals surface area contributed by atoms with E-state index in [1.54, 1.807) is 4.90 Å². The van der Waals surface area contributed by atoms with Gasteiger partial charge >= 0.3 is 0 Å². The molecule has 0 spiro atoms. The first-order valence-electron chi connectivity index (χ1n) is 2.46. The minimum atomic E-state index is -0.310. The van der Waals surface area contributed by atoms with E-state index in [0.717, 1.165) is 6.54 Å². The van der Waals surface area contributed by atoms with Crippen molar-refractivity contribution in [2.24, 2.45) is 4.99 Å². The van der Waals surface area contributed by atoms with Crippen molar-refractivity contribution < 1.29 is 0 Å². The Hall–Kier alpha value is -0.240. The number of hydrogen-bond acceptors (Lipinski definition) is 2. The first-order chi connectivity index (χ1) is 3.83. The molecule has 0 bridgehead atoms. The number of rotatable bonds is 1. The van der Waals surface area contributed by atoms with E-state index in [1.165, 1.54) is 0 Å². The molecule has 0 saturated heterocycles. The van der Waals surface area contributed by atoms with Crippen molar-refractivity contribution >= 4 is 17.9 Å². The van der Waals surface area contributed by atoms with Crippen LogP contribution in [0.3, 0.4) is 0 Å². The van der Waals surface area contributed by atoms with Crippen molar-refractivity contribution in [3.63, 3.8) is 0 Å². The van der Waals surface area contributed by atoms with E-state index in [-0.39, 0.29) is 5.50 Å². The van der Waals surface area contributed by atoms with Gasteiger partial charge in [-0.3, -0.25) is 0 Å². The van der Waals surface area contributed by atoms with Gasteiger partial charge in [0.05, 0.1) is 0 Å². The lowest BCUT2D eigenvalue weighted by molar-refractivity contribution is 0.558. The number of hydrogen-bond donors (Lipinski definition) is 0. The fraction of sp³-hybridized carbons (Fsp3) is 0.600. The maximum absolute atomic E-state index is 5.50. The van der Waals surface area contributed by atoms with E-state index in [2.05, 4.69) is 17.9 Å². The van der Waals surface area contributed by atoms with E-state index >= 15 is 0 Å². The molecule has 0 N–H and O–H groups in total. The zero-order chi connectivity index (χ0) is 5.98. The van der Waals surface area contributed by atoms with Crippen molar-refractivity contribution in [1.29, 1.82) is 0 Å². The Morgan fingerprint density at radius 1 is 1.88 bits per heavy atom. The summed E-state index contributed by atoms with van der Waals surface area (Å²) in [5.74, 6) is 0. The molecule has 1 heterocycles. The van der Waals surface area contributed by atoms with Gasteiger partial charge in [0.15, 0.2) is 11.8 Å². The molecule has 8 heavy (non-hydrogen) atoms. The Morgan fingerprint density at radius 3 is 2.88 bits per heavy atom. The van der Waals surface area contributed by atoms with Crippen LogP contribution in [0.1, 0.15) is 6.92 Å². The summed E-state index contributed by atoms with van der Waals surface area (Å²) in [6.45, 7) is 5.65. The molecule has 1 aliphatic heterocycles. The summed E-state index contributed by atoms with van der Waals surface area (Å²) in [6.07, 6.45) is 2.67. The van der Waals surface area contributed by atoms with Crippen LogP contribution in [0.5, 0.6) is 0 Å². The molecule has 0 aromatic carbocycles. The minimum Gasteiger partial charge on any atom is -0.340 e. The van der Waals surface area contributed by atoms with Gasteiger partial charge in [0.1, 0.15) is 6.54 Å². The molecule has 43 valence electrons. The summed E-state index contributed by atoms with van der Waals surface area (Å²) in [7, 11) is 0. The highest BCUT2D eigenvalue weighted by molar-refractivity contribution is 6.22. The Labute approximate surface area is 54.2 Å². The fourth-order valence-corrected chi connectivity index (χ4v) is 0.630. The van der Waals surface area contributed by atoms with Gasteiger partial charge in [-0.1, -0.05) is 11.6 Å². The van der Waals surface area contributed by atoms with Gasteiger partial charge in [-0.05, 0) is 6.92 Å². The van der Waals surface area contributed by atoms with Crippen LogP contribution in [0, 0.1) is 6.54 Å². The zero-order valence-electron chi connectivity index (χ0n) is 4.56. The Kier molecular flexibility index (Phi) is 1.73. The first kappa shape index (κ1) is 5.89. The highest BCUT2D eigenvalue weighted by Gasteiger charge is 2.14. The number of halogens is 1. The van der Waals surface area contributed by atoms with E-state index in [4.69, 9.17) is 11.6 Å². The third-order valence-electron chi connectivity index (χ3n) is 0.870. The number of nitrogens with zero attached hydrogens (tertiary/aromatic N) is 2. The molecule has 0 saturated carbocycles. The summed E-state index contributed by atoms with van der Waals surface area (Å²) in [6, 6.07) is 0. The maximum atomic E-state index is 5.50. The average Bonchev–Trinajstić information content (AvgIpc) is 2.14. The summed E-state index contributed by atoms with van der Waals surface area (Å²) in [5.41, 5.74) is -0.310. The van der Waals surface area contributed by atoms with Crippen LogP contribution >= 0.6 is 11.6 Å². The molecular formula is C5H6ClN2. The number of aliphatic imine (C=N–C) groups is 1. The second kappa shape index (κ2) is 2.35. The lowest BCUT2D eigenvalue weighted by Gasteiger charge is -2.05. The SMILES string of the molecule is CCN1[C]C(Cl)N=[C]1. The third-order valence-corrected chi connectivity index (χ3v) is 1.07. The monoisotopic (exact) mass is 129 g/mol. The summed E-state index contributed by atoms with van der Waals surface area (Å²) in [4.78, 5) is 5.42. The molecule has 0 aromatic heterocycles. The predicted molar refractivity (Wildman–Crippen MR) is 32.7 cm³/mol. The maximum Gasteiger partial charge on any atom is 0.169 e. The Balaban J connectivity index is 2.34. The normalized spacial score (nSPS) is 27.2. The fourth-order valence-electron chi connectivity index (χ4n) is 0.469.